The Labute approximate surface area is 96.4 Å². The third kappa shape index (κ3) is 2.28. The molecule has 1 aliphatic heterocycles. The number of para-hydroxylation sites is 1. The number of ether oxygens (including phenoxy) is 1. The van der Waals surface area contributed by atoms with Crippen molar-refractivity contribution in [3.8, 4) is 5.75 Å². The van der Waals surface area contributed by atoms with Crippen molar-refractivity contribution in [1.29, 1.82) is 0 Å². The minimum absolute atomic E-state index is 0.250. The molecule has 0 aliphatic carbocycles. The van der Waals surface area contributed by atoms with Crippen LogP contribution in [0.3, 0.4) is 0 Å². The Balaban J connectivity index is 2.21. The van der Waals surface area contributed by atoms with Gasteiger partial charge in [-0.15, -0.1) is 11.6 Å². The Hall–Kier alpha value is -0.690. The van der Waals surface area contributed by atoms with Gasteiger partial charge in [0, 0.05) is 11.3 Å². The highest BCUT2D eigenvalue weighted by atomic mass is 35.5. The predicted octanol–water partition coefficient (Wildman–Crippen LogP) is 3.96. The van der Waals surface area contributed by atoms with E-state index in [2.05, 4.69) is 19.1 Å². The first-order valence-corrected chi connectivity index (χ1v) is 6.12. The van der Waals surface area contributed by atoms with Crippen LogP contribution in [0.2, 0.25) is 0 Å². The zero-order valence-electron chi connectivity index (χ0n) is 9.08. The summed E-state index contributed by atoms with van der Waals surface area (Å²) in [4.78, 5) is 0. The van der Waals surface area contributed by atoms with Crippen LogP contribution < -0.4 is 4.74 Å². The van der Waals surface area contributed by atoms with Crippen LogP contribution in [0.1, 0.15) is 37.7 Å². The summed E-state index contributed by atoms with van der Waals surface area (Å²) < 4.78 is 5.62. The molecule has 1 aliphatic rings. The van der Waals surface area contributed by atoms with E-state index in [4.69, 9.17) is 16.3 Å². The molecule has 1 heterocycles. The van der Waals surface area contributed by atoms with E-state index in [9.17, 15) is 0 Å². The van der Waals surface area contributed by atoms with E-state index in [1.165, 1.54) is 5.56 Å². The normalized spacial score (nSPS) is 21.6. The number of hydrogen-bond donors (Lipinski definition) is 0. The lowest BCUT2D eigenvalue weighted by molar-refractivity contribution is 0.263. The molecule has 15 heavy (non-hydrogen) atoms. The predicted molar refractivity (Wildman–Crippen MR) is 63.8 cm³/mol. The Morgan fingerprint density at radius 1 is 1.47 bits per heavy atom. The summed E-state index contributed by atoms with van der Waals surface area (Å²) in [7, 11) is 0. The second-order valence-corrected chi connectivity index (χ2v) is 4.65. The van der Waals surface area contributed by atoms with Crippen molar-refractivity contribution in [3.63, 3.8) is 0 Å². The zero-order chi connectivity index (χ0) is 10.7. The highest BCUT2D eigenvalue weighted by Crippen LogP contribution is 2.38. The molecule has 0 fully saturated rings. The molecule has 0 radical (unpaired) electrons. The summed E-state index contributed by atoms with van der Waals surface area (Å²) >= 11 is 6.43. The third-order valence-corrected chi connectivity index (χ3v) is 3.53. The van der Waals surface area contributed by atoms with Gasteiger partial charge in [-0.1, -0.05) is 31.5 Å². The highest BCUT2D eigenvalue weighted by Gasteiger charge is 2.26. The Morgan fingerprint density at radius 3 is 3.07 bits per heavy atom. The van der Waals surface area contributed by atoms with Gasteiger partial charge in [0.05, 0.1) is 6.61 Å². The van der Waals surface area contributed by atoms with Gasteiger partial charge in [0.1, 0.15) is 5.75 Å². The molecule has 0 amide bonds. The van der Waals surface area contributed by atoms with Gasteiger partial charge in [0.15, 0.2) is 0 Å². The van der Waals surface area contributed by atoms with E-state index in [0.717, 1.165) is 31.6 Å². The van der Waals surface area contributed by atoms with E-state index in [0.29, 0.717) is 5.92 Å². The molecule has 2 atom stereocenters. The average Bonchev–Trinajstić information content (AvgIpc) is 2.28. The smallest absolute Gasteiger partial charge is 0.122 e. The summed E-state index contributed by atoms with van der Waals surface area (Å²) in [5.74, 6) is 1.49. The molecule has 0 saturated heterocycles. The van der Waals surface area contributed by atoms with Crippen molar-refractivity contribution in [2.45, 2.75) is 37.5 Å². The maximum Gasteiger partial charge on any atom is 0.122 e. The first-order valence-electron chi connectivity index (χ1n) is 5.68. The van der Waals surface area contributed by atoms with Gasteiger partial charge in [0.25, 0.3) is 0 Å². The molecule has 0 spiro atoms. The molecule has 2 heteroatoms. The Bertz CT molecular complexity index is 324. The van der Waals surface area contributed by atoms with E-state index in [1.54, 1.807) is 0 Å². The van der Waals surface area contributed by atoms with Crippen LogP contribution in [0.25, 0.3) is 0 Å². The largest absolute Gasteiger partial charge is 0.493 e. The molecule has 1 aromatic carbocycles. The first-order chi connectivity index (χ1) is 7.33. The topological polar surface area (TPSA) is 9.23 Å². The van der Waals surface area contributed by atoms with Gasteiger partial charge in [-0.05, 0) is 24.5 Å². The molecule has 0 aromatic heterocycles. The fraction of sp³-hybridized carbons (Fsp3) is 0.538. The zero-order valence-corrected chi connectivity index (χ0v) is 9.83. The van der Waals surface area contributed by atoms with Crippen LogP contribution >= 0.6 is 11.6 Å². The van der Waals surface area contributed by atoms with Gasteiger partial charge in [-0.25, -0.2) is 0 Å². The van der Waals surface area contributed by atoms with Gasteiger partial charge < -0.3 is 4.74 Å². The molecule has 1 aromatic rings. The van der Waals surface area contributed by atoms with Crippen LogP contribution in [0.15, 0.2) is 24.3 Å². The summed E-state index contributed by atoms with van der Waals surface area (Å²) in [5, 5.41) is 0.250. The molecule has 0 N–H and O–H groups in total. The quantitative estimate of drug-likeness (QED) is 0.707. The molecule has 2 unspecified atom stereocenters. The first kappa shape index (κ1) is 10.8. The van der Waals surface area contributed by atoms with Gasteiger partial charge in [0.2, 0.25) is 0 Å². The van der Waals surface area contributed by atoms with Crippen molar-refractivity contribution in [1.82, 2.24) is 0 Å². The molecule has 2 rings (SSSR count). The standard InChI is InChI=1S/C13H17ClO/c1-2-5-12(14)10-8-9-15-13-7-4-3-6-11(10)13/h3-4,6-7,10,12H,2,5,8-9H2,1H3. The maximum absolute atomic E-state index is 6.43. The molecular formula is C13H17ClO. The minimum Gasteiger partial charge on any atom is -0.493 e. The fourth-order valence-corrected chi connectivity index (χ4v) is 2.70. The molecule has 82 valence electrons. The number of benzene rings is 1. The maximum atomic E-state index is 6.43. The number of hydrogen-bond acceptors (Lipinski definition) is 1. The number of rotatable bonds is 3. The Morgan fingerprint density at radius 2 is 2.27 bits per heavy atom. The number of fused-ring (bicyclic) bond motifs is 1. The molecule has 1 nitrogen and oxygen atoms in total. The highest BCUT2D eigenvalue weighted by molar-refractivity contribution is 6.21. The van der Waals surface area contributed by atoms with Gasteiger partial charge in [-0.2, -0.15) is 0 Å². The lowest BCUT2D eigenvalue weighted by Gasteiger charge is -2.29. The van der Waals surface area contributed by atoms with E-state index >= 15 is 0 Å². The molecular weight excluding hydrogens is 208 g/mol. The van der Waals surface area contributed by atoms with Crippen molar-refractivity contribution in [2.24, 2.45) is 0 Å². The van der Waals surface area contributed by atoms with E-state index < -0.39 is 0 Å². The van der Waals surface area contributed by atoms with Crippen molar-refractivity contribution in [2.75, 3.05) is 6.61 Å². The van der Waals surface area contributed by atoms with Crippen LogP contribution in [0, 0.1) is 0 Å². The fourth-order valence-electron chi connectivity index (χ4n) is 2.22. The second kappa shape index (κ2) is 4.89. The summed E-state index contributed by atoms with van der Waals surface area (Å²) in [5.41, 5.74) is 1.29. The summed E-state index contributed by atoms with van der Waals surface area (Å²) in [6.07, 6.45) is 3.28. The Kier molecular flexibility index (Phi) is 3.53. The van der Waals surface area contributed by atoms with Gasteiger partial charge in [-0.3, -0.25) is 0 Å². The third-order valence-electron chi connectivity index (χ3n) is 3.01. The molecule has 0 saturated carbocycles. The monoisotopic (exact) mass is 224 g/mol. The summed E-state index contributed by atoms with van der Waals surface area (Å²) in [6.45, 7) is 2.98. The second-order valence-electron chi connectivity index (χ2n) is 4.09. The van der Waals surface area contributed by atoms with E-state index in [1.807, 2.05) is 12.1 Å². The SMILES string of the molecule is CCCC(Cl)C1CCOc2ccccc21. The van der Waals surface area contributed by atoms with Crippen LogP contribution in [0.5, 0.6) is 5.75 Å². The number of halogens is 1. The summed E-state index contributed by atoms with van der Waals surface area (Å²) in [6, 6.07) is 8.27. The lowest BCUT2D eigenvalue weighted by Crippen LogP contribution is -2.21. The lowest BCUT2D eigenvalue weighted by atomic mass is 9.88. The van der Waals surface area contributed by atoms with Crippen LogP contribution in [-0.2, 0) is 0 Å². The van der Waals surface area contributed by atoms with Crippen molar-refractivity contribution in [3.05, 3.63) is 29.8 Å². The van der Waals surface area contributed by atoms with Crippen LogP contribution in [0.4, 0.5) is 0 Å². The minimum atomic E-state index is 0.250. The molecule has 0 bridgehead atoms. The number of alkyl halides is 1. The average molecular weight is 225 g/mol. The van der Waals surface area contributed by atoms with E-state index in [-0.39, 0.29) is 5.38 Å². The van der Waals surface area contributed by atoms with Crippen LogP contribution in [-0.4, -0.2) is 12.0 Å². The van der Waals surface area contributed by atoms with Gasteiger partial charge >= 0.3 is 0 Å². The van der Waals surface area contributed by atoms with Crippen molar-refractivity contribution < 1.29 is 4.74 Å². The van der Waals surface area contributed by atoms with Crippen molar-refractivity contribution >= 4 is 11.6 Å².